The van der Waals surface area contributed by atoms with Gasteiger partial charge in [-0.1, -0.05) is 13.8 Å². The molecule has 0 radical (unpaired) electrons. The van der Waals surface area contributed by atoms with Crippen LogP contribution < -0.4 is 5.32 Å². The van der Waals surface area contributed by atoms with Gasteiger partial charge in [-0.05, 0) is 12.8 Å². The van der Waals surface area contributed by atoms with E-state index in [1.165, 1.54) is 19.5 Å². The van der Waals surface area contributed by atoms with E-state index in [1.54, 1.807) is 0 Å². The summed E-state index contributed by atoms with van der Waals surface area (Å²) in [6, 6.07) is 0.151. The van der Waals surface area contributed by atoms with Crippen LogP contribution in [0.3, 0.4) is 0 Å². The van der Waals surface area contributed by atoms with Crippen LogP contribution in [-0.4, -0.2) is 42.3 Å². The smallest absolute Gasteiger partial charge is 0.358 e. The second-order valence-electron chi connectivity index (χ2n) is 4.43. The predicted octanol–water partition coefficient (Wildman–Crippen LogP) is 1.74. The standard InChI is InChI=1S/C13H21N3O3/c1-5-19-8-11(9(2)3)16-12-7-14-10(6-15-12)13(17)18-4/h6-7,9,11H,5,8H2,1-4H3,(H,15,16). The average molecular weight is 267 g/mol. The number of aromatic nitrogens is 2. The number of methoxy groups -OCH3 is 1. The molecule has 0 bridgehead atoms. The Labute approximate surface area is 113 Å². The van der Waals surface area contributed by atoms with E-state index in [-0.39, 0.29) is 11.7 Å². The lowest BCUT2D eigenvalue weighted by Gasteiger charge is -2.22. The summed E-state index contributed by atoms with van der Waals surface area (Å²) in [5, 5.41) is 3.25. The van der Waals surface area contributed by atoms with Gasteiger partial charge in [0.15, 0.2) is 5.69 Å². The summed E-state index contributed by atoms with van der Waals surface area (Å²) in [6.07, 6.45) is 2.92. The van der Waals surface area contributed by atoms with Gasteiger partial charge >= 0.3 is 5.97 Å². The molecule has 0 saturated carbocycles. The van der Waals surface area contributed by atoms with Crippen LogP contribution in [0.25, 0.3) is 0 Å². The van der Waals surface area contributed by atoms with E-state index in [1.807, 2.05) is 6.92 Å². The molecule has 1 unspecified atom stereocenters. The highest BCUT2D eigenvalue weighted by Crippen LogP contribution is 2.10. The van der Waals surface area contributed by atoms with Crippen LogP contribution in [0, 0.1) is 5.92 Å². The van der Waals surface area contributed by atoms with E-state index < -0.39 is 5.97 Å². The summed E-state index contributed by atoms with van der Waals surface area (Å²) in [6.45, 7) is 7.45. The Bertz CT molecular complexity index is 393. The van der Waals surface area contributed by atoms with Crippen LogP contribution in [-0.2, 0) is 9.47 Å². The largest absolute Gasteiger partial charge is 0.464 e. The van der Waals surface area contributed by atoms with E-state index in [0.717, 1.165) is 0 Å². The molecule has 0 aliphatic rings. The molecular weight excluding hydrogens is 246 g/mol. The Morgan fingerprint density at radius 1 is 1.37 bits per heavy atom. The monoisotopic (exact) mass is 267 g/mol. The van der Waals surface area contributed by atoms with E-state index in [0.29, 0.717) is 24.9 Å². The molecule has 0 aromatic carbocycles. The number of nitrogens with zero attached hydrogens (tertiary/aromatic N) is 2. The zero-order valence-electron chi connectivity index (χ0n) is 11.8. The minimum atomic E-state index is -0.492. The van der Waals surface area contributed by atoms with Gasteiger partial charge in [-0.3, -0.25) is 0 Å². The number of ether oxygens (including phenoxy) is 2. The van der Waals surface area contributed by atoms with Gasteiger partial charge in [0.25, 0.3) is 0 Å². The van der Waals surface area contributed by atoms with Gasteiger partial charge in [0.2, 0.25) is 0 Å². The number of anilines is 1. The number of esters is 1. The molecule has 1 N–H and O–H groups in total. The van der Waals surface area contributed by atoms with Gasteiger partial charge < -0.3 is 14.8 Å². The van der Waals surface area contributed by atoms with Crippen molar-refractivity contribution in [3.05, 3.63) is 18.1 Å². The van der Waals surface area contributed by atoms with Crippen LogP contribution in [0.5, 0.6) is 0 Å². The SMILES string of the molecule is CCOCC(Nc1cnc(C(=O)OC)cn1)C(C)C. The molecule has 6 heteroatoms. The highest BCUT2D eigenvalue weighted by molar-refractivity contribution is 5.86. The van der Waals surface area contributed by atoms with Crippen molar-refractivity contribution in [3.8, 4) is 0 Å². The van der Waals surface area contributed by atoms with Crippen molar-refractivity contribution in [2.45, 2.75) is 26.8 Å². The van der Waals surface area contributed by atoms with E-state index >= 15 is 0 Å². The highest BCUT2D eigenvalue weighted by atomic mass is 16.5. The van der Waals surface area contributed by atoms with Crippen LogP contribution in [0.15, 0.2) is 12.4 Å². The Kier molecular flexibility index (Phi) is 6.21. The third-order valence-electron chi connectivity index (χ3n) is 2.69. The van der Waals surface area contributed by atoms with Gasteiger partial charge in [-0.2, -0.15) is 0 Å². The molecule has 1 atom stereocenters. The Morgan fingerprint density at radius 3 is 2.58 bits per heavy atom. The van der Waals surface area contributed by atoms with Gasteiger partial charge in [-0.25, -0.2) is 14.8 Å². The summed E-state index contributed by atoms with van der Waals surface area (Å²) < 4.78 is 9.99. The third-order valence-corrected chi connectivity index (χ3v) is 2.69. The quantitative estimate of drug-likeness (QED) is 0.758. The first-order chi connectivity index (χ1) is 9.08. The summed E-state index contributed by atoms with van der Waals surface area (Å²) in [4.78, 5) is 19.4. The molecule has 106 valence electrons. The predicted molar refractivity (Wildman–Crippen MR) is 72.1 cm³/mol. The third kappa shape index (κ3) is 4.82. The maximum atomic E-state index is 11.2. The van der Waals surface area contributed by atoms with Crippen molar-refractivity contribution in [1.29, 1.82) is 0 Å². The fraction of sp³-hybridized carbons (Fsp3) is 0.615. The maximum absolute atomic E-state index is 11.2. The maximum Gasteiger partial charge on any atom is 0.358 e. The van der Waals surface area contributed by atoms with E-state index in [4.69, 9.17) is 4.74 Å². The molecule has 1 heterocycles. The lowest BCUT2D eigenvalue weighted by atomic mass is 10.1. The minimum absolute atomic E-state index is 0.151. The summed E-state index contributed by atoms with van der Waals surface area (Å²) in [5.41, 5.74) is 0.193. The molecular formula is C13H21N3O3. The van der Waals surface area contributed by atoms with Crippen molar-refractivity contribution in [2.75, 3.05) is 25.6 Å². The fourth-order valence-electron chi connectivity index (χ4n) is 1.45. The number of hydrogen-bond acceptors (Lipinski definition) is 6. The molecule has 0 amide bonds. The fourth-order valence-corrected chi connectivity index (χ4v) is 1.45. The van der Waals surface area contributed by atoms with Gasteiger partial charge in [0.1, 0.15) is 5.82 Å². The second kappa shape index (κ2) is 7.68. The molecule has 1 rings (SSSR count). The van der Waals surface area contributed by atoms with Crippen molar-refractivity contribution in [1.82, 2.24) is 9.97 Å². The number of hydrogen-bond donors (Lipinski definition) is 1. The number of rotatable bonds is 7. The van der Waals surface area contributed by atoms with Crippen LogP contribution in [0.4, 0.5) is 5.82 Å². The topological polar surface area (TPSA) is 73.3 Å². The number of nitrogens with one attached hydrogen (secondary N) is 1. The number of carbonyl (C=O) groups is 1. The van der Waals surface area contributed by atoms with E-state index in [2.05, 4.69) is 33.9 Å². The molecule has 0 saturated heterocycles. The average Bonchev–Trinajstić information content (AvgIpc) is 2.43. The first-order valence-electron chi connectivity index (χ1n) is 6.33. The normalized spacial score (nSPS) is 12.3. The molecule has 0 aliphatic heterocycles. The van der Waals surface area contributed by atoms with Crippen molar-refractivity contribution in [3.63, 3.8) is 0 Å². The Hall–Kier alpha value is -1.69. The Morgan fingerprint density at radius 2 is 2.11 bits per heavy atom. The second-order valence-corrected chi connectivity index (χ2v) is 4.43. The molecule has 1 aromatic rings. The molecule has 6 nitrogen and oxygen atoms in total. The van der Waals surface area contributed by atoms with Crippen LogP contribution in [0.1, 0.15) is 31.3 Å². The summed E-state index contributed by atoms with van der Waals surface area (Å²) in [7, 11) is 1.31. The zero-order valence-corrected chi connectivity index (χ0v) is 11.8. The van der Waals surface area contributed by atoms with Crippen molar-refractivity contribution >= 4 is 11.8 Å². The van der Waals surface area contributed by atoms with Crippen LogP contribution in [0.2, 0.25) is 0 Å². The minimum Gasteiger partial charge on any atom is -0.464 e. The molecule has 1 aromatic heterocycles. The molecule has 0 spiro atoms. The molecule has 0 aliphatic carbocycles. The van der Waals surface area contributed by atoms with Crippen molar-refractivity contribution < 1.29 is 14.3 Å². The van der Waals surface area contributed by atoms with Gasteiger partial charge in [0.05, 0.1) is 32.2 Å². The number of carbonyl (C=O) groups excluding carboxylic acids is 1. The Balaban J connectivity index is 2.66. The lowest BCUT2D eigenvalue weighted by molar-refractivity contribution is 0.0593. The highest BCUT2D eigenvalue weighted by Gasteiger charge is 2.14. The summed E-state index contributed by atoms with van der Waals surface area (Å²) >= 11 is 0. The van der Waals surface area contributed by atoms with Gasteiger partial charge in [-0.15, -0.1) is 0 Å². The first-order valence-corrected chi connectivity index (χ1v) is 6.33. The molecule has 19 heavy (non-hydrogen) atoms. The lowest BCUT2D eigenvalue weighted by Crippen LogP contribution is -2.31. The van der Waals surface area contributed by atoms with E-state index in [9.17, 15) is 4.79 Å². The van der Waals surface area contributed by atoms with Crippen molar-refractivity contribution in [2.24, 2.45) is 5.92 Å². The van der Waals surface area contributed by atoms with Gasteiger partial charge in [0, 0.05) is 6.61 Å². The zero-order chi connectivity index (χ0) is 14.3. The molecule has 0 fully saturated rings. The first kappa shape index (κ1) is 15.4. The summed E-state index contributed by atoms with van der Waals surface area (Å²) in [5.74, 6) is 0.522. The van der Waals surface area contributed by atoms with Crippen LogP contribution >= 0.6 is 0 Å².